The molecule has 1 aliphatic heterocycles. The molecule has 2 rings (SSSR count). The van der Waals surface area contributed by atoms with Crippen LogP contribution < -0.4 is 26.0 Å². The molecule has 1 saturated heterocycles. The van der Waals surface area contributed by atoms with Gasteiger partial charge in [-0.15, -0.1) is 0 Å². The fourth-order valence-corrected chi connectivity index (χ4v) is 6.25. The van der Waals surface area contributed by atoms with Gasteiger partial charge in [-0.3, -0.25) is 24.0 Å². The molecule has 0 saturated carbocycles. The Labute approximate surface area is 378 Å². The molecule has 362 valence electrons. The summed E-state index contributed by atoms with van der Waals surface area (Å²) < 4.78 is 39.2. The maximum absolute atomic E-state index is 13.6. The van der Waals surface area contributed by atoms with Crippen molar-refractivity contribution in [1.29, 1.82) is 0 Å². The SMILES string of the molecule is BC(=O)OCc1ccc(O[C@H]2CC(O)CC(C(=O)O)O2)c(C(=O)NCC(=O)NCCCCC(NC(=O)COC(C)(C)CCOC(C)(C)CCOC)C(=O)NC(C)(C)CCOC(C)C)c1. The summed E-state index contributed by atoms with van der Waals surface area (Å²) in [4.78, 5) is 75.9. The minimum Gasteiger partial charge on any atom is -0.479 e. The van der Waals surface area contributed by atoms with Gasteiger partial charge in [0, 0.05) is 45.2 Å². The molecule has 0 spiro atoms. The van der Waals surface area contributed by atoms with Crippen LogP contribution in [0.25, 0.3) is 0 Å². The second-order valence-corrected chi connectivity index (χ2v) is 18.1. The molecule has 0 aliphatic carbocycles. The van der Waals surface area contributed by atoms with Gasteiger partial charge in [0.25, 0.3) is 5.91 Å². The highest BCUT2D eigenvalue weighted by Crippen LogP contribution is 2.27. The molecule has 0 radical (unpaired) electrons. The zero-order valence-corrected chi connectivity index (χ0v) is 39.4. The van der Waals surface area contributed by atoms with Crippen molar-refractivity contribution in [2.45, 2.75) is 161 Å². The zero-order chi connectivity index (χ0) is 48.1. The lowest BCUT2D eigenvalue weighted by molar-refractivity contribution is -0.195. The minimum atomic E-state index is -1.31. The van der Waals surface area contributed by atoms with Crippen molar-refractivity contribution in [3.63, 3.8) is 0 Å². The quantitative estimate of drug-likeness (QED) is 0.0479. The van der Waals surface area contributed by atoms with E-state index in [1.807, 2.05) is 55.4 Å². The second-order valence-electron chi connectivity index (χ2n) is 18.1. The van der Waals surface area contributed by atoms with E-state index in [0.29, 0.717) is 51.1 Å². The number of carboxylic acid groups (broad SMARTS) is 1. The standard InChI is InChI=1S/C44H73BN4O15/c1-28(2)59-20-15-42(3,4)49-39(54)32(48-36(52)27-62-44(7,8)17-21-61-43(5,6)16-19-58-9)12-10-11-18-46-35(51)25-47-38(53)31-22-29(26-60-41(45)57)13-14-33(31)63-37-24-30(50)23-34(64-37)40(55)56/h13-14,22,28,30,32,34,37,50H,10-12,15-21,23-27,45H2,1-9H3,(H,46,51)(H,47,53)(H,48,52)(H,49,54)(H,55,56)/t30?,32?,34?,37-/m1/s1. The molecule has 4 atom stereocenters. The Morgan fingerprint density at radius 2 is 1.58 bits per heavy atom. The normalized spacial score (nSPS) is 17.3. The first-order valence-corrected chi connectivity index (χ1v) is 21.9. The molecule has 0 aromatic heterocycles. The number of aliphatic hydroxyl groups is 1. The van der Waals surface area contributed by atoms with E-state index in [1.165, 1.54) is 20.0 Å². The fraction of sp³-hybridized carbons (Fsp3) is 0.727. The highest BCUT2D eigenvalue weighted by Gasteiger charge is 2.35. The molecule has 1 aliphatic rings. The summed E-state index contributed by atoms with van der Waals surface area (Å²) in [6.45, 7) is 16.1. The number of aliphatic hydroxyl groups excluding tert-OH is 1. The third-order valence-corrected chi connectivity index (χ3v) is 10.2. The molecule has 19 nitrogen and oxygen atoms in total. The lowest BCUT2D eigenvalue weighted by Gasteiger charge is -2.31. The number of benzene rings is 1. The molecular formula is C44H73BN4O15. The summed E-state index contributed by atoms with van der Waals surface area (Å²) >= 11 is 0. The van der Waals surface area contributed by atoms with E-state index in [1.54, 1.807) is 13.2 Å². The molecule has 6 N–H and O–H groups in total. The summed E-state index contributed by atoms with van der Waals surface area (Å²) in [6.07, 6.45) is -0.713. The van der Waals surface area contributed by atoms with Crippen LogP contribution >= 0.6 is 0 Å². The zero-order valence-electron chi connectivity index (χ0n) is 39.4. The third-order valence-electron chi connectivity index (χ3n) is 10.2. The lowest BCUT2D eigenvalue weighted by Crippen LogP contribution is -2.54. The first kappa shape index (κ1) is 55.8. The van der Waals surface area contributed by atoms with Crippen molar-refractivity contribution in [2.75, 3.05) is 46.6 Å². The van der Waals surface area contributed by atoms with Crippen LogP contribution in [0.3, 0.4) is 0 Å². The lowest BCUT2D eigenvalue weighted by atomic mass is 9.99. The van der Waals surface area contributed by atoms with E-state index in [0.717, 1.165) is 6.42 Å². The Kier molecular flexibility index (Phi) is 23.7. The van der Waals surface area contributed by atoms with Crippen molar-refractivity contribution in [2.24, 2.45) is 0 Å². The van der Waals surface area contributed by atoms with Gasteiger partial charge in [0.2, 0.25) is 37.7 Å². The van der Waals surface area contributed by atoms with Gasteiger partial charge in [-0.05, 0) is 112 Å². The van der Waals surface area contributed by atoms with E-state index >= 15 is 0 Å². The first-order chi connectivity index (χ1) is 29.9. The number of rotatable bonds is 30. The summed E-state index contributed by atoms with van der Waals surface area (Å²) in [7, 11) is 2.88. The Bertz CT molecular complexity index is 1670. The van der Waals surface area contributed by atoms with E-state index in [-0.39, 0.29) is 67.9 Å². The van der Waals surface area contributed by atoms with Crippen LogP contribution in [0, 0.1) is 0 Å². The highest BCUT2D eigenvalue weighted by molar-refractivity contribution is 6.55. The minimum absolute atomic E-state index is 0.0101. The van der Waals surface area contributed by atoms with E-state index in [2.05, 4.69) is 21.3 Å². The topological polar surface area (TPSA) is 256 Å². The summed E-state index contributed by atoms with van der Waals surface area (Å²) in [5, 5.41) is 30.7. The summed E-state index contributed by atoms with van der Waals surface area (Å²) in [5.41, 5.74) is -1.30. The maximum Gasteiger partial charge on any atom is 0.333 e. The Balaban J connectivity index is 2.00. The molecule has 4 amide bonds. The molecule has 1 heterocycles. The van der Waals surface area contributed by atoms with E-state index in [9.17, 15) is 39.0 Å². The molecule has 0 bridgehead atoms. The molecule has 1 fully saturated rings. The van der Waals surface area contributed by atoms with Crippen LogP contribution in [-0.2, 0) is 54.2 Å². The van der Waals surface area contributed by atoms with Crippen LogP contribution in [-0.4, -0.2) is 148 Å². The molecule has 1 aromatic rings. The molecule has 20 heteroatoms. The number of hydrogen-bond acceptors (Lipinski definition) is 14. The number of carbonyl (C=O) groups excluding carboxylic acids is 5. The van der Waals surface area contributed by atoms with Crippen molar-refractivity contribution < 1.29 is 72.1 Å². The van der Waals surface area contributed by atoms with Crippen LogP contribution in [0.5, 0.6) is 5.75 Å². The van der Waals surface area contributed by atoms with Crippen LogP contribution in [0.1, 0.15) is 123 Å². The number of hydrogen-bond donors (Lipinski definition) is 6. The van der Waals surface area contributed by atoms with Gasteiger partial charge in [-0.2, -0.15) is 0 Å². The van der Waals surface area contributed by atoms with Crippen LogP contribution in [0.4, 0.5) is 4.79 Å². The van der Waals surface area contributed by atoms with E-state index in [4.69, 9.17) is 33.2 Å². The maximum atomic E-state index is 13.6. The van der Waals surface area contributed by atoms with E-state index < -0.39 is 71.8 Å². The fourth-order valence-electron chi connectivity index (χ4n) is 6.25. The van der Waals surface area contributed by atoms with Gasteiger partial charge in [0.15, 0.2) is 6.10 Å². The van der Waals surface area contributed by atoms with Gasteiger partial charge in [-0.1, -0.05) is 6.07 Å². The van der Waals surface area contributed by atoms with Crippen molar-refractivity contribution in [3.05, 3.63) is 29.3 Å². The van der Waals surface area contributed by atoms with Gasteiger partial charge in [0.05, 0.1) is 42.1 Å². The molecule has 1 aromatic carbocycles. The van der Waals surface area contributed by atoms with Crippen LogP contribution in [0.2, 0.25) is 0 Å². The van der Waals surface area contributed by atoms with Crippen molar-refractivity contribution in [1.82, 2.24) is 21.3 Å². The average molecular weight is 909 g/mol. The Hall–Kier alpha value is -4.34. The smallest absolute Gasteiger partial charge is 0.333 e. The summed E-state index contributed by atoms with van der Waals surface area (Å²) in [6, 6.07) is 3.47. The highest BCUT2D eigenvalue weighted by atomic mass is 16.7. The van der Waals surface area contributed by atoms with Crippen molar-refractivity contribution >= 4 is 43.3 Å². The van der Waals surface area contributed by atoms with Crippen molar-refractivity contribution in [3.8, 4) is 5.75 Å². The first-order valence-electron chi connectivity index (χ1n) is 21.9. The number of carboxylic acids is 1. The predicted molar refractivity (Wildman–Crippen MR) is 238 cm³/mol. The monoisotopic (exact) mass is 909 g/mol. The second kappa shape index (κ2) is 27.2. The number of unbranched alkanes of at least 4 members (excludes halogenated alkanes) is 1. The largest absolute Gasteiger partial charge is 0.479 e. The predicted octanol–water partition coefficient (Wildman–Crippen LogP) is 2.51. The van der Waals surface area contributed by atoms with Gasteiger partial charge in [-0.25, -0.2) is 4.79 Å². The number of carbonyl (C=O) groups is 6. The molecule has 64 heavy (non-hydrogen) atoms. The molecular weight excluding hydrogens is 835 g/mol. The number of amides is 4. The van der Waals surface area contributed by atoms with Gasteiger partial charge < -0.3 is 64.6 Å². The Morgan fingerprint density at radius 1 is 0.891 bits per heavy atom. The van der Waals surface area contributed by atoms with Gasteiger partial charge >= 0.3 is 5.97 Å². The number of ether oxygens (including phenoxy) is 7. The summed E-state index contributed by atoms with van der Waals surface area (Å²) in [5.74, 6) is -3.87. The Morgan fingerprint density at radius 3 is 2.23 bits per heavy atom. The molecule has 3 unspecified atom stereocenters. The van der Waals surface area contributed by atoms with Gasteiger partial charge in [0.1, 0.15) is 25.0 Å². The number of nitrogens with one attached hydrogen (secondary N) is 4. The third kappa shape index (κ3) is 23.0. The number of aliphatic carboxylic acids is 1. The average Bonchev–Trinajstić information content (AvgIpc) is 3.19. The van der Waals surface area contributed by atoms with Crippen LogP contribution in [0.15, 0.2) is 18.2 Å². The number of methoxy groups -OCH3 is 1.